The third-order valence-corrected chi connectivity index (χ3v) is 5.42. The lowest BCUT2D eigenvalue weighted by Crippen LogP contribution is -2.52. The first-order valence-corrected chi connectivity index (χ1v) is 10.3. The van der Waals surface area contributed by atoms with Gasteiger partial charge in [-0.1, -0.05) is 18.2 Å². The molecule has 1 atom stereocenters. The molecule has 9 heteroatoms. The van der Waals surface area contributed by atoms with Crippen molar-refractivity contribution in [3.8, 4) is 6.19 Å². The number of hydrogen-bond acceptors (Lipinski definition) is 4. The summed E-state index contributed by atoms with van der Waals surface area (Å²) in [5.41, 5.74) is 0.390. The molecule has 0 saturated carbocycles. The maximum Gasteiger partial charge on any atom is 0.245 e. The van der Waals surface area contributed by atoms with E-state index in [4.69, 9.17) is 5.26 Å². The van der Waals surface area contributed by atoms with Gasteiger partial charge in [0.2, 0.25) is 17.8 Å². The molecule has 2 aliphatic heterocycles. The summed E-state index contributed by atoms with van der Waals surface area (Å²) in [6, 6.07) is 5.67. The first kappa shape index (κ1) is 21.6. The Morgan fingerprint density at radius 3 is 2.67 bits per heavy atom. The molecule has 0 unspecified atom stereocenters. The molecule has 2 N–H and O–H groups in total. The van der Waals surface area contributed by atoms with E-state index in [1.54, 1.807) is 34.2 Å². The number of halogens is 1. The number of carbonyl (C=O) groups is 2. The largest absolute Gasteiger partial charge is 0.344 e. The molecule has 1 aromatic carbocycles. The van der Waals surface area contributed by atoms with E-state index in [1.807, 2.05) is 0 Å². The van der Waals surface area contributed by atoms with Gasteiger partial charge in [0, 0.05) is 25.2 Å². The molecule has 2 heterocycles. The maximum atomic E-state index is 13.8. The van der Waals surface area contributed by atoms with Crippen LogP contribution < -0.4 is 10.6 Å². The summed E-state index contributed by atoms with van der Waals surface area (Å²) in [5, 5.41) is 14.5. The van der Waals surface area contributed by atoms with Crippen molar-refractivity contribution in [2.24, 2.45) is 4.99 Å². The minimum atomic E-state index is -0.598. The quantitative estimate of drug-likeness (QED) is 0.328. The fourth-order valence-corrected chi connectivity index (χ4v) is 3.76. The number of rotatable bonds is 5. The van der Waals surface area contributed by atoms with Crippen LogP contribution in [0.2, 0.25) is 0 Å². The zero-order chi connectivity index (χ0) is 21.3. The van der Waals surface area contributed by atoms with Crippen molar-refractivity contribution in [1.29, 1.82) is 5.26 Å². The fourth-order valence-electron chi connectivity index (χ4n) is 3.76. The van der Waals surface area contributed by atoms with Gasteiger partial charge in [0.15, 0.2) is 6.19 Å². The molecule has 0 aromatic heterocycles. The highest BCUT2D eigenvalue weighted by atomic mass is 19.1. The minimum absolute atomic E-state index is 0.0231. The van der Waals surface area contributed by atoms with Crippen molar-refractivity contribution >= 4 is 17.8 Å². The normalized spacial score (nSPS) is 19.9. The standard InChI is InChI=1S/C21H27FN6O2/c22-17-8-2-1-7-16(17)13-24-21(25-15-23)26-18-9-3-4-12-28(20(18)30)14-19(29)27-10-5-6-11-27/h1-2,7-8,18H,3-6,9-14H2,(H2,24,25,26)/t18-/m0/s1. The van der Waals surface area contributed by atoms with E-state index in [9.17, 15) is 14.0 Å². The van der Waals surface area contributed by atoms with Crippen LogP contribution in [0.1, 0.15) is 37.7 Å². The van der Waals surface area contributed by atoms with Crippen LogP contribution in [0.4, 0.5) is 4.39 Å². The fraction of sp³-hybridized carbons (Fsp3) is 0.524. The second-order valence-electron chi connectivity index (χ2n) is 7.53. The van der Waals surface area contributed by atoms with Crippen molar-refractivity contribution in [1.82, 2.24) is 20.4 Å². The summed E-state index contributed by atoms with van der Waals surface area (Å²) in [5.74, 6) is -0.468. The van der Waals surface area contributed by atoms with Crippen molar-refractivity contribution in [3.63, 3.8) is 0 Å². The molecule has 0 bridgehead atoms. The average molecular weight is 414 g/mol. The van der Waals surface area contributed by atoms with Gasteiger partial charge in [-0.25, -0.2) is 9.38 Å². The topological polar surface area (TPSA) is 101 Å². The number of hydrogen-bond donors (Lipinski definition) is 2. The number of benzene rings is 1. The molecule has 2 saturated heterocycles. The average Bonchev–Trinajstić information content (AvgIpc) is 3.23. The van der Waals surface area contributed by atoms with Gasteiger partial charge in [-0.3, -0.25) is 14.9 Å². The Bertz CT molecular complexity index is 831. The van der Waals surface area contributed by atoms with Crippen LogP contribution in [-0.4, -0.2) is 59.8 Å². The molecule has 3 rings (SSSR count). The van der Waals surface area contributed by atoms with Crippen LogP contribution in [0, 0.1) is 17.3 Å². The van der Waals surface area contributed by atoms with E-state index in [0.717, 1.165) is 38.8 Å². The predicted molar refractivity (Wildman–Crippen MR) is 109 cm³/mol. The van der Waals surface area contributed by atoms with Crippen molar-refractivity contribution in [2.45, 2.75) is 44.7 Å². The van der Waals surface area contributed by atoms with Gasteiger partial charge in [-0.15, -0.1) is 0 Å². The van der Waals surface area contributed by atoms with Crippen LogP contribution in [0.25, 0.3) is 0 Å². The third kappa shape index (κ3) is 5.69. The molecule has 1 aromatic rings. The van der Waals surface area contributed by atoms with Gasteiger partial charge < -0.3 is 15.1 Å². The Kier molecular flexibility index (Phi) is 7.60. The van der Waals surface area contributed by atoms with Crippen molar-refractivity contribution in [3.05, 3.63) is 35.6 Å². The molecule has 0 aliphatic carbocycles. The van der Waals surface area contributed by atoms with Crippen LogP contribution in [0.3, 0.4) is 0 Å². The van der Waals surface area contributed by atoms with E-state index < -0.39 is 6.04 Å². The minimum Gasteiger partial charge on any atom is -0.344 e. The van der Waals surface area contributed by atoms with Gasteiger partial charge >= 0.3 is 0 Å². The number of likely N-dealkylation sites (tertiary alicyclic amines) is 2. The Hall–Kier alpha value is -3.15. The zero-order valence-electron chi connectivity index (χ0n) is 16.9. The zero-order valence-corrected chi connectivity index (χ0v) is 16.9. The second-order valence-corrected chi connectivity index (χ2v) is 7.53. The van der Waals surface area contributed by atoms with E-state index in [1.165, 1.54) is 6.07 Å². The van der Waals surface area contributed by atoms with Gasteiger partial charge in [-0.2, -0.15) is 5.26 Å². The smallest absolute Gasteiger partial charge is 0.245 e. The van der Waals surface area contributed by atoms with Gasteiger partial charge in [-0.05, 0) is 38.2 Å². The molecule has 2 amide bonds. The molecular formula is C21H27FN6O2. The predicted octanol–water partition coefficient (Wildman–Crippen LogP) is 1.35. The molecule has 2 aliphatic rings. The van der Waals surface area contributed by atoms with Crippen LogP contribution in [-0.2, 0) is 16.1 Å². The highest BCUT2D eigenvalue weighted by molar-refractivity contribution is 5.92. The summed E-state index contributed by atoms with van der Waals surface area (Å²) < 4.78 is 13.8. The van der Waals surface area contributed by atoms with Crippen LogP contribution in [0.15, 0.2) is 29.3 Å². The van der Waals surface area contributed by atoms with E-state index in [-0.39, 0.29) is 36.7 Å². The number of nitrogens with zero attached hydrogens (tertiary/aromatic N) is 4. The summed E-state index contributed by atoms with van der Waals surface area (Å²) in [6.07, 6.45) is 6.00. The van der Waals surface area contributed by atoms with Gasteiger partial charge in [0.25, 0.3) is 0 Å². The molecule has 0 spiro atoms. The molecule has 8 nitrogen and oxygen atoms in total. The van der Waals surface area contributed by atoms with E-state index >= 15 is 0 Å². The van der Waals surface area contributed by atoms with Crippen molar-refractivity contribution < 1.29 is 14.0 Å². The Labute approximate surface area is 175 Å². The molecule has 2 fully saturated rings. The Morgan fingerprint density at radius 2 is 1.93 bits per heavy atom. The Balaban J connectivity index is 1.66. The van der Waals surface area contributed by atoms with Crippen molar-refractivity contribution in [2.75, 3.05) is 26.2 Å². The number of nitrogens with one attached hydrogen (secondary N) is 2. The number of nitriles is 1. The first-order valence-electron chi connectivity index (χ1n) is 10.3. The number of aliphatic imine (C=N–C) groups is 1. The monoisotopic (exact) mass is 414 g/mol. The van der Waals surface area contributed by atoms with Gasteiger partial charge in [0.05, 0.1) is 13.1 Å². The third-order valence-electron chi connectivity index (χ3n) is 5.42. The van der Waals surface area contributed by atoms with Crippen LogP contribution >= 0.6 is 0 Å². The van der Waals surface area contributed by atoms with E-state index in [2.05, 4.69) is 15.6 Å². The van der Waals surface area contributed by atoms with E-state index in [0.29, 0.717) is 18.5 Å². The van der Waals surface area contributed by atoms with Crippen LogP contribution in [0.5, 0.6) is 0 Å². The number of guanidine groups is 1. The van der Waals surface area contributed by atoms with Gasteiger partial charge in [0.1, 0.15) is 11.9 Å². The second kappa shape index (κ2) is 10.6. The highest BCUT2D eigenvalue weighted by Crippen LogP contribution is 2.14. The summed E-state index contributed by atoms with van der Waals surface area (Å²) >= 11 is 0. The lowest BCUT2D eigenvalue weighted by Gasteiger charge is -2.27. The molecular weight excluding hydrogens is 387 g/mol. The molecule has 30 heavy (non-hydrogen) atoms. The lowest BCUT2D eigenvalue weighted by molar-refractivity contribution is -0.140. The maximum absolute atomic E-state index is 13.8. The summed E-state index contributed by atoms with van der Waals surface area (Å²) in [4.78, 5) is 33.2. The molecule has 0 radical (unpaired) electrons. The number of amides is 2. The summed E-state index contributed by atoms with van der Waals surface area (Å²) in [7, 11) is 0. The highest BCUT2D eigenvalue weighted by Gasteiger charge is 2.30. The SMILES string of the molecule is N#CNC(=NCc1ccccc1F)N[C@H]1CCCCN(CC(=O)N2CCCC2)C1=O. The number of carbonyl (C=O) groups excluding carboxylic acids is 2. The first-order chi connectivity index (χ1) is 14.6. The molecule has 160 valence electrons. The Morgan fingerprint density at radius 1 is 1.20 bits per heavy atom. The summed E-state index contributed by atoms with van der Waals surface area (Å²) in [6.45, 7) is 2.14. The lowest BCUT2D eigenvalue weighted by atomic mass is 10.1.